The zero-order valence-corrected chi connectivity index (χ0v) is 18.6. The van der Waals surface area contributed by atoms with Crippen LogP contribution in [0.2, 0.25) is 0 Å². The molecule has 7 nitrogen and oxygen atoms in total. The minimum atomic E-state index is -3.95. The average molecular weight is 461 g/mol. The molecule has 0 spiro atoms. The summed E-state index contributed by atoms with van der Waals surface area (Å²) in [6.07, 6.45) is 4.22. The Balaban J connectivity index is 1.73. The normalized spacial score (nSPS) is 14.0. The second kappa shape index (κ2) is 7.60. The molecule has 5 rings (SSSR count). The maximum atomic E-state index is 13.5. The van der Waals surface area contributed by atoms with Crippen LogP contribution in [-0.4, -0.2) is 19.9 Å². The zero-order chi connectivity index (χ0) is 23.3. The Bertz CT molecular complexity index is 1460. The highest BCUT2D eigenvalue weighted by molar-refractivity contribution is 7.92. The van der Waals surface area contributed by atoms with Gasteiger partial charge in [-0.25, -0.2) is 8.42 Å². The number of fused-ring (bicyclic) bond motifs is 1. The molecule has 166 valence electrons. The first kappa shape index (κ1) is 21.0. The average Bonchev–Trinajstić information content (AvgIpc) is 3.06. The number of benzene rings is 3. The molecular formula is C25H20N2O5S. The largest absolute Gasteiger partial charge is 0.455 e. The van der Waals surface area contributed by atoms with Crippen LogP contribution < -0.4 is 9.04 Å². The van der Waals surface area contributed by atoms with E-state index in [-0.39, 0.29) is 28.6 Å². The van der Waals surface area contributed by atoms with Crippen LogP contribution in [0, 0.1) is 17.0 Å². The molecule has 0 saturated heterocycles. The molecule has 0 saturated carbocycles. The minimum Gasteiger partial charge on any atom is -0.455 e. The fourth-order valence-corrected chi connectivity index (χ4v) is 5.68. The van der Waals surface area contributed by atoms with Crippen molar-refractivity contribution in [3.05, 3.63) is 99.6 Å². The number of nitro groups is 1. The van der Waals surface area contributed by atoms with Crippen molar-refractivity contribution in [1.29, 1.82) is 0 Å². The first-order chi connectivity index (χ1) is 15.8. The number of nitrogens with zero attached hydrogens (tertiary/aromatic N) is 2. The van der Waals surface area contributed by atoms with Crippen molar-refractivity contribution in [2.45, 2.75) is 18.2 Å². The van der Waals surface area contributed by atoms with E-state index in [4.69, 9.17) is 4.74 Å². The lowest BCUT2D eigenvalue weighted by molar-refractivity contribution is -0.384. The van der Waals surface area contributed by atoms with E-state index in [0.29, 0.717) is 17.7 Å². The Morgan fingerprint density at radius 3 is 2.64 bits per heavy atom. The fourth-order valence-electron chi connectivity index (χ4n) is 4.24. The number of allylic oxidation sites excluding steroid dienone is 1. The Morgan fingerprint density at radius 2 is 1.94 bits per heavy atom. The topological polar surface area (TPSA) is 89.8 Å². The number of rotatable bonds is 5. The maximum Gasteiger partial charge on any atom is 0.275 e. The van der Waals surface area contributed by atoms with E-state index in [0.717, 1.165) is 22.3 Å². The van der Waals surface area contributed by atoms with Gasteiger partial charge in [-0.2, -0.15) is 0 Å². The lowest BCUT2D eigenvalue weighted by atomic mass is 10.0. The van der Waals surface area contributed by atoms with Crippen molar-refractivity contribution in [1.82, 2.24) is 0 Å². The van der Waals surface area contributed by atoms with E-state index in [1.165, 1.54) is 16.4 Å². The molecular weight excluding hydrogens is 440 g/mol. The predicted molar refractivity (Wildman–Crippen MR) is 127 cm³/mol. The SMILES string of the molecule is C=CCc1cccc2c1Oc1cc([N+](=O)[O-])cc3c1C(=C2)CN3S(=O)(=O)c1ccc(C)cc1. The third kappa shape index (κ3) is 3.39. The molecule has 0 bridgehead atoms. The van der Waals surface area contributed by atoms with Crippen molar-refractivity contribution in [3.8, 4) is 11.5 Å². The molecule has 2 heterocycles. The molecule has 3 aromatic rings. The molecule has 33 heavy (non-hydrogen) atoms. The van der Waals surface area contributed by atoms with Gasteiger partial charge in [0.1, 0.15) is 11.5 Å². The van der Waals surface area contributed by atoms with Crippen LogP contribution in [0.25, 0.3) is 11.6 Å². The Morgan fingerprint density at radius 1 is 1.18 bits per heavy atom. The van der Waals surface area contributed by atoms with Crippen LogP contribution in [-0.2, 0) is 16.4 Å². The highest BCUT2D eigenvalue weighted by Crippen LogP contribution is 2.51. The number of non-ortho nitro benzene ring substituents is 1. The summed E-state index contributed by atoms with van der Waals surface area (Å²) >= 11 is 0. The standard InChI is InChI=1S/C25H20N2O5S/c1-3-5-17-6-4-7-18-12-19-15-26(33(30,31)21-10-8-16(2)9-11-21)22-13-20(27(28)29)14-23(24(19)22)32-25(17)18/h3-4,6-14H,1,5,15H2,2H3. The molecule has 2 aliphatic heterocycles. The quantitative estimate of drug-likeness (QED) is 0.285. The van der Waals surface area contributed by atoms with Gasteiger partial charge in [-0.15, -0.1) is 6.58 Å². The van der Waals surface area contributed by atoms with Crippen LogP contribution in [0.15, 0.2) is 72.1 Å². The summed E-state index contributed by atoms with van der Waals surface area (Å²) in [4.78, 5) is 11.3. The predicted octanol–water partition coefficient (Wildman–Crippen LogP) is 5.49. The van der Waals surface area contributed by atoms with Crippen molar-refractivity contribution in [2.24, 2.45) is 0 Å². The molecule has 0 atom stereocenters. The molecule has 0 amide bonds. The third-order valence-electron chi connectivity index (χ3n) is 5.82. The summed E-state index contributed by atoms with van der Waals surface area (Å²) < 4.78 is 34.5. The van der Waals surface area contributed by atoms with Gasteiger partial charge in [-0.05, 0) is 42.7 Å². The van der Waals surface area contributed by atoms with Gasteiger partial charge in [-0.3, -0.25) is 14.4 Å². The Hall–Kier alpha value is -3.91. The van der Waals surface area contributed by atoms with Gasteiger partial charge in [0.25, 0.3) is 15.7 Å². The highest BCUT2D eigenvalue weighted by atomic mass is 32.2. The maximum absolute atomic E-state index is 13.5. The van der Waals surface area contributed by atoms with Crippen LogP contribution in [0.1, 0.15) is 22.3 Å². The van der Waals surface area contributed by atoms with Gasteiger partial charge in [-0.1, -0.05) is 42.0 Å². The number of hydrogen-bond donors (Lipinski definition) is 0. The second-order valence-corrected chi connectivity index (χ2v) is 9.88. The zero-order valence-electron chi connectivity index (χ0n) is 17.8. The first-order valence-electron chi connectivity index (χ1n) is 10.3. The van der Waals surface area contributed by atoms with E-state index >= 15 is 0 Å². The van der Waals surface area contributed by atoms with Crippen LogP contribution in [0.5, 0.6) is 11.5 Å². The summed E-state index contributed by atoms with van der Waals surface area (Å²) in [5.74, 6) is 0.859. The Kier molecular flexibility index (Phi) is 4.83. The van der Waals surface area contributed by atoms with Crippen LogP contribution >= 0.6 is 0 Å². The first-order valence-corrected chi connectivity index (χ1v) is 11.8. The van der Waals surface area contributed by atoms with Crippen LogP contribution in [0.4, 0.5) is 11.4 Å². The van der Waals surface area contributed by atoms with Gasteiger partial charge in [0.05, 0.1) is 28.1 Å². The van der Waals surface area contributed by atoms with Gasteiger partial charge in [0, 0.05) is 17.2 Å². The lowest BCUT2D eigenvalue weighted by Crippen LogP contribution is -2.29. The summed E-state index contributed by atoms with van der Waals surface area (Å²) in [6.45, 7) is 5.71. The molecule has 0 fully saturated rings. The highest BCUT2D eigenvalue weighted by Gasteiger charge is 2.38. The van der Waals surface area contributed by atoms with Crippen molar-refractivity contribution in [2.75, 3.05) is 10.8 Å². The molecule has 0 radical (unpaired) electrons. The molecule has 3 aromatic carbocycles. The number of aryl methyl sites for hydroxylation is 1. The van der Waals surface area contributed by atoms with Crippen molar-refractivity contribution in [3.63, 3.8) is 0 Å². The summed E-state index contributed by atoms with van der Waals surface area (Å²) in [6, 6.07) is 14.9. The van der Waals surface area contributed by atoms with Gasteiger partial charge in [0.15, 0.2) is 0 Å². The van der Waals surface area contributed by atoms with E-state index in [2.05, 4.69) is 6.58 Å². The molecule has 0 aliphatic carbocycles. The number of nitro benzene ring substituents is 1. The molecule has 0 unspecified atom stereocenters. The van der Waals surface area contributed by atoms with E-state index in [9.17, 15) is 18.5 Å². The van der Waals surface area contributed by atoms with E-state index in [1.54, 1.807) is 30.3 Å². The summed E-state index contributed by atoms with van der Waals surface area (Å²) in [5, 5.41) is 11.7. The van der Waals surface area contributed by atoms with Crippen molar-refractivity contribution >= 4 is 33.0 Å². The molecule has 8 heteroatoms. The number of sulfonamides is 1. The number of para-hydroxylation sites is 1. The third-order valence-corrected chi connectivity index (χ3v) is 7.60. The molecule has 0 aromatic heterocycles. The Labute approximate surface area is 191 Å². The molecule has 2 aliphatic rings. The van der Waals surface area contributed by atoms with Crippen molar-refractivity contribution < 1.29 is 18.1 Å². The number of hydrogen-bond acceptors (Lipinski definition) is 5. The van der Waals surface area contributed by atoms with E-state index in [1.807, 2.05) is 31.2 Å². The number of ether oxygens (including phenoxy) is 1. The second-order valence-electron chi connectivity index (χ2n) is 8.02. The lowest BCUT2D eigenvalue weighted by Gasteiger charge is -2.20. The van der Waals surface area contributed by atoms with Crippen LogP contribution in [0.3, 0.4) is 0 Å². The van der Waals surface area contributed by atoms with Gasteiger partial charge >= 0.3 is 0 Å². The fraction of sp³-hybridized carbons (Fsp3) is 0.120. The number of anilines is 1. The van der Waals surface area contributed by atoms with Gasteiger partial charge in [0.2, 0.25) is 0 Å². The monoisotopic (exact) mass is 460 g/mol. The van der Waals surface area contributed by atoms with Gasteiger partial charge < -0.3 is 4.74 Å². The smallest absolute Gasteiger partial charge is 0.275 e. The summed E-state index contributed by atoms with van der Waals surface area (Å²) in [7, 11) is -3.95. The minimum absolute atomic E-state index is 0.0498. The molecule has 0 N–H and O–H groups in total. The van der Waals surface area contributed by atoms with E-state index < -0.39 is 14.9 Å². The summed E-state index contributed by atoms with van der Waals surface area (Å²) in [5.41, 5.74) is 3.89.